The van der Waals surface area contributed by atoms with Crippen LogP contribution in [-0.2, 0) is 24.3 Å². The summed E-state index contributed by atoms with van der Waals surface area (Å²) in [6.45, 7) is 2.47. The third-order valence-electron chi connectivity index (χ3n) is 5.22. The maximum atomic E-state index is 14.2. The summed E-state index contributed by atoms with van der Waals surface area (Å²) in [6, 6.07) is 6.57. The van der Waals surface area contributed by atoms with Gasteiger partial charge in [-0.2, -0.15) is 4.31 Å². The number of methoxy groups -OCH3 is 1. The lowest BCUT2D eigenvalue weighted by Crippen LogP contribution is -2.41. The van der Waals surface area contributed by atoms with E-state index in [1.807, 2.05) is 0 Å². The van der Waals surface area contributed by atoms with Gasteiger partial charge in [0.15, 0.2) is 11.6 Å². The second-order valence-electron chi connectivity index (χ2n) is 7.49. The topological polar surface area (TPSA) is 124 Å². The molecule has 0 bridgehead atoms. The maximum Gasteiger partial charge on any atom is 0.374 e. The van der Waals surface area contributed by atoms with Crippen LogP contribution in [0, 0.1) is 11.7 Å². The minimum Gasteiger partial charge on any atom is -0.488 e. The summed E-state index contributed by atoms with van der Waals surface area (Å²) in [4.78, 5) is 24.3. The summed E-state index contributed by atoms with van der Waals surface area (Å²) in [5, 5.41) is 2.30. The molecule has 1 fully saturated rings. The van der Waals surface area contributed by atoms with Gasteiger partial charge in [0.2, 0.25) is 16.8 Å². The first-order valence-corrected chi connectivity index (χ1v) is 12.2. The number of esters is 1. The zero-order valence-corrected chi connectivity index (χ0v) is 19.7. The van der Waals surface area contributed by atoms with Gasteiger partial charge in [0, 0.05) is 37.9 Å². The highest BCUT2D eigenvalue weighted by Crippen LogP contribution is 2.27. The van der Waals surface area contributed by atoms with Crippen molar-refractivity contribution >= 4 is 27.6 Å². The molecule has 10 nitrogen and oxygen atoms in total. The number of nitrogens with one attached hydrogen (secondary N) is 1. The second kappa shape index (κ2) is 11.4. The Balaban J connectivity index is 1.55. The van der Waals surface area contributed by atoms with Gasteiger partial charge in [-0.1, -0.05) is 0 Å². The fraction of sp³-hybridized carbons (Fsp3) is 0.455. The summed E-state index contributed by atoms with van der Waals surface area (Å²) in [7, 11) is -2.45. The first-order valence-electron chi connectivity index (χ1n) is 10.8. The monoisotopic (exact) mass is 498 g/mol. The molecule has 34 heavy (non-hydrogen) atoms. The van der Waals surface area contributed by atoms with Crippen molar-refractivity contribution in [2.45, 2.75) is 24.9 Å². The molecule has 1 aliphatic rings. The number of halogens is 1. The number of furan rings is 1. The van der Waals surface area contributed by atoms with Gasteiger partial charge >= 0.3 is 5.97 Å². The first kappa shape index (κ1) is 25.7. The molecule has 0 aliphatic carbocycles. The minimum atomic E-state index is -3.96. The van der Waals surface area contributed by atoms with Gasteiger partial charge in [0.1, 0.15) is 6.61 Å². The van der Waals surface area contributed by atoms with Crippen LogP contribution in [0.15, 0.2) is 39.8 Å². The normalized spacial score (nSPS) is 15.1. The average molecular weight is 499 g/mol. The molecule has 186 valence electrons. The molecule has 3 rings (SSSR count). The van der Waals surface area contributed by atoms with Crippen molar-refractivity contribution in [1.29, 1.82) is 0 Å². The highest BCUT2D eigenvalue weighted by Gasteiger charge is 2.34. The summed E-state index contributed by atoms with van der Waals surface area (Å²) < 4.78 is 61.1. The Labute approximate surface area is 197 Å². The summed E-state index contributed by atoms with van der Waals surface area (Å²) in [5.41, 5.74) is 0.277. The standard InChI is InChI=1S/C22H27FN2O8S/c1-3-31-22(27)19-6-7-20(33-19)34(28,29)25-10-8-15(9-11-25)21(26)24-16-4-5-18(17(23)14-16)32-13-12-30-2/h4-7,14-15H,3,8-13H2,1-2H3,(H,24,26). The zero-order chi connectivity index (χ0) is 24.7. The Morgan fingerprint density at radius 3 is 2.56 bits per heavy atom. The van der Waals surface area contributed by atoms with Crippen molar-refractivity contribution in [2.24, 2.45) is 5.92 Å². The Hall–Kier alpha value is -2.96. The van der Waals surface area contributed by atoms with Crippen molar-refractivity contribution in [3.05, 3.63) is 41.9 Å². The number of sulfonamides is 1. The summed E-state index contributed by atoms with van der Waals surface area (Å²) >= 11 is 0. The van der Waals surface area contributed by atoms with E-state index >= 15 is 0 Å². The molecule has 0 radical (unpaired) electrons. The lowest BCUT2D eigenvalue weighted by molar-refractivity contribution is -0.120. The molecule has 2 aromatic rings. The molecule has 0 unspecified atom stereocenters. The predicted molar refractivity (Wildman–Crippen MR) is 119 cm³/mol. The van der Waals surface area contributed by atoms with Crippen LogP contribution < -0.4 is 10.1 Å². The van der Waals surface area contributed by atoms with E-state index in [1.54, 1.807) is 6.92 Å². The molecule has 1 aromatic heterocycles. The molecule has 1 aromatic carbocycles. The molecule has 2 heterocycles. The Morgan fingerprint density at radius 2 is 1.91 bits per heavy atom. The van der Waals surface area contributed by atoms with Crippen molar-refractivity contribution in [2.75, 3.05) is 45.3 Å². The van der Waals surface area contributed by atoms with Crippen LogP contribution >= 0.6 is 0 Å². The third kappa shape index (κ3) is 6.13. The fourth-order valence-corrected chi connectivity index (χ4v) is 4.81. The number of carbonyl (C=O) groups excluding carboxylic acids is 2. The van der Waals surface area contributed by atoms with Crippen molar-refractivity contribution in [1.82, 2.24) is 4.31 Å². The van der Waals surface area contributed by atoms with Crippen LogP contribution in [0.2, 0.25) is 0 Å². The SMILES string of the molecule is CCOC(=O)c1ccc(S(=O)(=O)N2CCC(C(=O)Nc3ccc(OCCOC)c(F)c3)CC2)o1. The van der Waals surface area contributed by atoms with Gasteiger partial charge in [-0.3, -0.25) is 4.79 Å². The molecule has 1 saturated heterocycles. The van der Waals surface area contributed by atoms with Crippen LogP contribution in [0.3, 0.4) is 0 Å². The Kier molecular flexibility index (Phi) is 8.64. The van der Waals surface area contributed by atoms with E-state index in [-0.39, 0.29) is 67.3 Å². The molecular formula is C22H27FN2O8S. The largest absolute Gasteiger partial charge is 0.488 e. The van der Waals surface area contributed by atoms with E-state index in [9.17, 15) is 22.4 Å². The highest BCUT2D eigenvalue weighted by molar-refractivity contribution is 7.89. The average Bonchev–Trinajstić information content (AvgIpc) is 3.32. The van der Waals surface area contributed by atoms with Gasteiger partial charge in [-0.05, 0) is 44.0 Å². The van der Waals surface area contributed by atoms with Crippen molar-refractivity contribution in [3.63, 3.8) is 0 Å². The van der Waals surface area contributed by atoms with Crippen molar-refractivity contribution < 1.29 is 41.0 Å². The molecule has 1 amide bonds. The molecule has 0 spiro atoms. The second-order valence-corrected chi connectivity index (χ2v) is 9.36. The molecule has 12 heteroatoms. The van der Waals surface area contributed by atoms with Crippen LogP contribution in [0.25, 0.3) is 0 Å². The number of rotatable bonds is 10. The van der Waals surface area contributed by atoms with E-state index in [4.69, 9.17) is 18.6 Å². The molecular weight excluding hydrogens is 471 g/mol. The zero-order valence-electron chi connectivity index (χ0n) is 18.9. The number of hydrogen-bond acceptors (Lipinski definition) is 8. The van der Waals surface area contributed by atoms with Crippen LogP contribution in [0.4, 0.5) is 10.1 Å². The Bertz CT molecular complexity index is 1110. The van der Waals surface area contributed by atoms with Crippen molar-refractivity contribution in [3.8, 4) is 5.75 Å². The maximum absolute atomic E-state index is 14.2. The molecule has 1 aliphatic heterocycles. The number of anilines is 1. The number of benzene rings is 1. The number of amides is 1. The Morgan fingerprint density at radius 1 is 1.18 bits per heavy atom. The van der Waals surface area contributed by atoms with Crippen LogP contribution in [0.5, 0.6) is 5.75 Å². The van der Waals surface area contributed by atoms with Crippen LogP contribution in [-0.4, -0.2) is 64.6 Å². The minimum absolute atomic E-state index is 0.0533. The smallest absolute Gasteiger partial charge is 0.374 e. The number of carbonyl (C=O) groups is 2. The third-order valence-corrected chi connectivity index (χ3v) is 6.99. The lowest BCUT2D eigenvalue weighted by atomic mass is 9.97. The molecule has 0 atom stereocenters. The van der Waals surface area contributed by atoms with Gasteiger partial charge in [-0.25, -0.2) is 17.6 Å². The molecule has 0 saturated carbocycles. The van der Waals surface area contributed by atoms with Gasteiger partial charge < -0.3 is 23.9 Å². The lowest BCUT2D eigenvalue weighted by Gasteiger charge is -2.29. The van der Waals surface area contributed by atoms with E-state index < -0.39 is 27.7 Å². The van der Waals surface area contributed by atoms with Gasteiger partial charge in [-0.15, -0.1) is 0 Å². The number of ether oxygens (including phenoxy) is 3. The summed E-state index contributed by atoms with van der Waals surface area (Å²) in [6.07, 6.45) is 0.550. The highest BCUT2D eigenvalue weighted by atomic mass is 32.2. The van der Waals surface area contributed by atoms with Crippen LogP contribution in [0.1, 0.15) is 30.3 Å². The molecule has 1 N–H and O–H groups in total. The van der Waals surface area contributed by atoms with E-state index in [1.165, 1.54) is 35.7 Å². The number of nitrogens with zero attached hydrogens (tertiary/aromatic N) is 1. The number of piperidine rings is 1. The first-order chi connectivity index (χ1) is 16.3. The van der Waals surface area contributed by atoms with E-state index in [0.717, 1.165) is 6.07 Å². The van der Waals surface area contributed by atoms with Gasteiger partial charge in [0.05, 0.1) is 13.2 Å². The fourth-order valence-electron chi connectivity index (χ4n) is 3.43. The summed E-state index contributed by atoms with van der Waals surface area (Å²) in [5.74, 6) is -2.28. The quantitative estimate of drug-likeness (QED) is 0.392. The van der Waals surface area contributed by atoms with Gasteiger partial charge in [0.25, 0.3) is 10.0 Å². The number of hydrogen-bond donors (Lipinski definition) is 1. The van der Waals surface area contributed by atoms with E-state index in [2.05, 4.69) is 5.32 Å². The predicted octanol–water partition coefficient (Wildman–Crippen LogP) is 2.66. The van der Waals surface area contributed by atoms with E-state index in [0.29, 0.717) is 6.61 Å².